The van der Waals surface area contributed by atoms with Crippen molar-refractivity contribution in [3.8, 4) is 0 Å². The van der Waals surface area contributed by atoms with Crippen molar-refractivity contribution >= 4 is 23.1 Å². The highest BCUT2D eigenvalue weighted by Crippen LogP contribution is 2.37. The van der Waals surface area contributed by atoms with E-state index in [2.05, 4.69) is 24.1 Å². The number of nitrogens with two attached hydrogens (primary N) is 1. The molecule has 2 rings (SSSR count). The van der Waals surface area contributed by atoms with Crippen LogP contribution in [0.25, 0.3) is 0 Å². The average molecular weight is 254 g/mol. The molecule has 1 atom stereocenters. The maximum absolute atomic E-state index is 5.91. The van der Waals surface area contributed by atoms with Crippen molar-refractivity contribution in [2.75, 3.05) is 11.1 Å². The van der Waals surface area contributed by atoms with Gasteiger partial charge >= 0.3 is 0 Å². The summed E-state index contributed by atoms with van der Waals surface area (Å²) in [5.41, 5.74) is 6.72. The van der Waals surface area contributed by atoms with Crippen molar-refractivity contribution in [3.63, 3.8) is 0 Å². The van der Waals surface area contributed by atoms with Crippen molar-refractivity contribution in [1.29, 1.82) is 0 Å². The Balaban J connectivity index is 2.14. The van der Waals surface area contributed by atoms with E-state index in [0.29, 0.717) is 22.3 Å². The lowest BCUT2D eigenvalue weighted by Gasteiger charge is -2.39. The minimum Gasteiger partial charge on any atom is -0.399 e. The quantitative estimate of drug-likeness (QED) is 0.791. The molecule has 1 aromatic heterocycles. The van der Waals surface area contributed by atoms with Gasteiger partial charge in [0.15, 0.2) is 0 Å². The van der Waals surface area contributed by atoms with Gasteiger partial charge in [0.25, 0.3) is 0 Å². The minimum atomic E-state index is 0.303. The zero-order valence-electron chi connectivity index (χ0n) is 10.5. The van der Waals surface area contributed by atoms with E-state index in [-0.39, 0.29) is 0 Å². The van der Waals surface area contributed by atoms with Gasteiger partial charge in [-0.05, 0) is 24.3 Å². The molecule has 1 fully saturated rings. The Morgan fingerprint density at radius 3 is 2.82 bits per heavy atom. The molecule has 0 aliphatic heterocycles. The van der Waals surface area contributed by atoms with Crippen molar-refractivity contribution in [1.82, 2.24) is 4.98 Å². The molecule has 0 saturated heterocycles. The van der Waals surface area contributed by atoms with Crippen LogP contribution < -0.4 is 11.1 Å². The molecule has 0 bridgehead atoms. The molecule has 0 radical (unpaired) electrons. The molecule has 0 amide bonds. The third-order valence-electron chi connectivity index (χ3n) is 3.65. The molecule has 1 saturated carbocycles. The number of aromatic nitrogens is 1. The zero-order valence-corrected chi connectivity index (χ0v) is 11.2. The fraction of sp³-hybridized carbons (Fsp3) is 0.615. The van der Waals surface area contributed by atoms with Crippen molar-refractivity contribution in [2.45, 2.75) is 45.6 Å². The van der Waals surface area contributed by atoms with E-state index in [0.717, 1.165) is 5.82 Å². The number of pyridine rings is 1. The van der Waals surface area contributed by atoms with Gasteiger partial charge in [0, 0.05) is 17.8 Å². The fourth-order valence-electron chi connectivity index (χ4n) is 2.53. The maximum atomic E-state index is 5.91. The number of hydrogen-bond acceptors (Lipinski definition) is 3. The molecule has 1 heterocycles. The van der Waals surface area contributed by atoms with Gasteiger partial charge < -0.3 is 11.1 Å². The predicted octanol–water partition coefficient (Wildman–Crippen LogP) is 3.70. The first-order valence-corrected chi connectivity index (χ1v) is 6.55. The van der Waals surface area contributed by atoms with Gasteiger partial charge in [-0.25, -0.2) is 4.98 Å². The van der Waals surface area contributed by atoms with E-state index in [1.807, 2.05) is 6.07 Å². The summed E-state index contributed by atoms with van der Waals surface area (Å²) in [5, 5.41) is 3.92. The SMILES string of the molecule is CC1(C)CCCCC1Nc1cc(N)cc(Cl)n1. The lowest BCUT2D eigenvalue weighted by molar-refractivity contribution is 0.216. The first kappa shape index (κ1) is 12.5. The number of hydrogen-bond donors (Lipinski definition) is 2. The Hall–Kier alpha value is -0.960. The van der Waals surface area contributed by atoms with Crippen LogP contribution in [0.3, 0.4) is 0 Å². The monoisotopic (exact) mass is 253 g/mol. The molecule has 0 aromatic carbocycles. The molecule has 1 aromatic rings. The van der Waals surface area contributed by atoms with Gasteiger partial charge in [-0.3, -0.25) is 0 Å². The predicted molar refractivity (Wildman–Crippen MR) is 73.3 cm³/mol. The molecule has 1 aliphatic rings. The van der Waals surface area contributed by atoms with Gasteiger partial charge in [-0.2, -0.15) is 0 Å². The van der Waals surface area contributed by atoms with Crippen molar-refractivity contribution < 1.29 is 0 Å². The number of anilines is 2. The lowest BCUT2D eigenvalue weighted by Crippen LogP contribution is -2.39. The van der Waals surface area contributed by atoms with Gasteiger partial charge in [0.2, 0.25) is 0 Å². The van der Waals surface area contributed by atoms with Gasteiger partial charge in [0.1, 0.15) is 11.0 Å². The standard InChI is InChI=1S/C13H20ClN3/c1-13(2)6-4-3-5-10(13)16-12-8-9(15)7-11(14)17-12/h7-8,10H,3-6H2,1-2H3,(H3,15,16,17). The van der Waals surface area contributed by atoms with Crippen LogP contribution in [0.2, 0.25) is 5.15 Å². The Bertz CT molecular complexity index is 383. The van der Waals surface area contributed by atoms with Crippen LogP contribution >= 0.6 is 11.6 Å². The van der Waals surface area contributed by atoms with Crippen LogP contribution in [0.4, 0.5) is 11.5 Å². The third kappa shape index (κ3) is 3.03. The molecule has 1 aliphatic carbocycles. The Morgan fingerprint density at radius 1 is 1.41 bits per heavy atom. The highest BCUT2D eigenvalue weighted by Gasteiger charge is 2.32. The summed E-state index contributed by atoms with van der Waals surface area (Å²) in [6.45, 7) is 4.61. The second kappa shape index (κ2) is 4.73. The second-order valence-electron chi connectivity index (χ2n) is 5.54. The van der Waals surface area contributed by atoms with Crippen molar-refractivity contribution in [2.24, 2.45) is 5.41 Å². The summed E-state index contributed by atoms with van der Waals surface area (Å²) >= 11 is 5.91. The molecule has 3 N–H and O–H groups in total. The van der Waals surface area contributed by atoms with Crippen LogP contribution in [0, 0.1) is 5.41 Å². The minimum absolute atomic E-state index is 0.303. The van der Waals surface area contributed by atoms with Crippen LogP contribution in [-0.2, 0) is 0 Å². The Kier molecular flexibility index (Phi) is 3.48. The summed E-state index contributed by atoms with van der Waals surface area (Å²) in [5.74, 6) is 0.787. The highest BCUT2D eigenvalue weighted by molar-refractivity contribution is 6.29. The fourth-order valence-corrected chi connectivity index (χ4v) is 2.75. The molecular weight excluding hydrogens is 234 g/mol. The van der Waals surface area contributed by atoms with E-state index in [1.54, 1.807) is 6.07 Å². The first-order chi connectivity index (χ1) is 7.97. The van der Waals surface area contributed by atoms with E-state index in [4.69, 9.17) is 17.3 Å². The molecule has 0 spiro atoms. The first-order valence-electron chi connectivity index (χ1n) is 6.17. The van der Waals surface area contributed by atoms with Gasteiger partial charge in [-0.15, -0.1) is 0 Å². The number of rotatable bonds is 2. The summed E-state index contributed by atoms with van der Waals surface area (Å²) in [7, 11) is 0. The molecule has 1 unspecified atom stereocenters. The smallest absolute Gasteiger partial charge is 0.133 e. The third-order valence-corrected chi connectivity index (χ3v) is 3.84. The summed E-state index contributed by atoms with van der Waals surface area (Å²) in [6.07, 6.45) is 5.02. The topological polar surface area (TPSA) is 50.9 Å². The Labute approximate surface area is 108 Å². The average Bonchev–Trinajstić information content (AvgIpc) is 2.19. The largest absolute Gasteiger partial charge is 0.399 e. The summed E-state index contributed by atoms with van der Waals surface area (Å²) in [4.78, 5) is 4.27. The molecule has 4 heteroatoms. The second-order valence-corrected chi connectivity index (χ2v) is 5.93. The summed E-state index contributed by atoms with van der Waals surface area (Å²) in [6, 6.07) is 3.96. The summed E-state index contributed by atoms with van der Waals surface area (Å²) < 4.78 is 0. The number of halogens is 1. The van der Waals surface area contributed by atoms with Gasteiger partial charge in [-0.1, -0.05) is 38.3 Å². The molecule has 94 valence electrons. The Morgan fingerprint density at radius 2 is 2.18 bits per heavy atom. The maximum Gasteiger partial charge on any atom is 0.133 e. The van der Waals surface area contributed by atoms with E-state index >= 15 is 0 Å². The van der Waals surface area contributed by atoms with E-state index in [1.165, 1.54) is 25.7 Å². The normalized spacial score (nSPS) is 23.4. The highest BCUT2D eigenvalue weighted by atomic mass is 35.5. The number of nitrogens with zero attached hydrogens (tertiary/aromatic N) is 1. The van der Waals surface area contributed by atoms with Gasteiger partial charge in [0.05, 0.1) is 0 Å². The molecule has 3 nitrogen and oxygen atoms in total. The van der Waals surface area contributed by atoms with E-state index in [9.17, 15) is 0 Å². The van der Waals surface area contributed by atoms with Crippen molar-refractivity contribution in [3.05, 3.63) is 17.3 Å². The van der Waals surface area contributed by atoms with Crippen LogP contribution in [0.1, 0.15) is 39.5 Å². The molecule has 17 heavy (non-hydrogen) atoms. The van der Waals surface area contributed by atoms with E-state index < -0.39 is 0 Å². The zero-order chi connectivity index (χ0) is 12.5. The number of nitrogen functional groups attached to an aromatic ring is 1. The van der Waals surface area contributed by atoms with Crippen LogP contribution in [0.5, 0.6) is 0 Å². The molecular formula is C13H20ClN3. The van der Waals surface area contributed by atoms with Crippen LogP contribution in [0.15, 0.2) is 12.1 Å². The number of nitrogens with one attached hydrogen (secondary N) is 1. The lowest BCUT2D eigenvalue weighted by atomic mass is 9.73. The van der Waals surface area contributed by atoms with Crippen LogP contribution in [-0.4, -0.2) is 11.0 Å².